The lowest BCUT2D eigenvalue weighted by Crippen LogP contribution is -2.46. The molecular formula is C14H26N3O+. The second kappa shape index (κ2) is 6.07. The largest absolute Gasteiger partial charge is 0.399 e. The van der Waals surface area contributed by atoms with E-state index < -0.39 is 0 Å². The highest BCUT2D eigenvalue weighted by Gasteiger charge is 2.15. The fourth-order valence-electron chi connectivity index (χ4n) is 1.96. The number of hydrogen-bond acceptors (Lipinski definition) is 3. The van der Waals surface area contributed by atoms with Crippen LogP contribution < -0.4 is 10.6 Å². The summed E-state index contributed by atoms with van der Waals surface area (Å²) in [6.07, 6.45) is 0. The number of aliphatic hydroxyl groups excluding tert-OH is 1. The Hall–Kier alpha value is -1.26. The molecule has 0 spiro atoms. The van der Waals surface area contributed by atoms with E-state index in [0.717, 1.165) is 29.8 Å². The van der Waals surface area contributed by atoms with Gasteiger partial charge in [-0.1, -0.05) is 6.07 Å². The zero-order chi connectivity index (χ0) is 13.8. The van der Waals surface area contributed by atoms with Crippen LogP contribution in [0, 0.1) is 6.92 Å². The maximum absolute atomic E-state index is 9.02. The van der Waals surface area contributed by atoms with Gasteiger partial charge in [-0.2, -0.15) is 0 Å². The maximum Gasteiger partial charge on any atom is 0.102 e. The van der Waals surface area contributed by atoms with Crippen molar-refractivity contribution in [1.82, 2.24) is 0 Å². The van der Waals surface area contributed by atoms with Gasteiger partial charge in [0.15, 0.2) is 0 Å². The van der Waals surface area contributed by atoms with Crippen LogP contribution >= 0.6 is 0 Å². The summed E-state index contributed by atoms with van der Waals surface area (Å²) in [7, 11) is 6.35. The smallest absolute Gasteiger partial charge is 0.102 e. The second-order valence-corrected chi connectivity index (χ2v) is 5.57. The van der Waals surface area contributed by atoms with Crippen LogP contribution in [0.2, 0.25) is 0 Å². The average molecular weight is 252 g/mol. The first kappa shape index (κ1) is 14.8. The van der Waals surface area contributed by atoms with Crippen molar-refractivity contribution in [2.24, 2.45) is 0 Å². The molecule has 0 radical (unpaired) electrons. The standard InChI is InChI=1S/C14H26N3O/c1-12-5-6-13(15)11-14(12)16(2)7-8-17(3,4)9-10-18/h5-6,11,18H,7-10,15H2,1-4H3/q+1. The van der Waals surface area contributed by atoms with Gasteiger partial charge in [-0.25, -0.2) is 0 Å². The van der Waals surface area contributed by atoms with Crippen molar-refractivity contribution in [3.63, 3.8) is 0 Å². The van der Waals surface area contributed by atoms with Gasteiger partial charge in [0, 0.05) is 18.4 Å². The second-order valence-electron chi connectivity index (χ2n) is 5.57. The third-order valence-electron chi connectivity index (χ3n) is 3.39. The van der Waals surface area contributed by atoms with Crippen molar-refractivity contribution >= 4 is 11.4 Å². The van der Waals surface area contributed by atoms with Crippen molar-refractivity contribution in [1.29, 1.82) is 0 Å². The number of aryl methyl sites for hydroxylation is 1. The van der Waals surface area contributed by atoms with Crippen LogP contribution in [0.25, 0.3) is 0 Å². The molecule has 1 aromatic rings. The van der Waals surface area contributed by atoms with Gasteiger partial charge >= 0.3 is 0 Å². The molecular weight excluding hydrogens is 226 g/mol. The van der Waals surface area contributed by atoms with Crippen LogP contribution in [-0.4, -0.2) is 57.0 Å². The van der Waals surface area contributed by atoms with Crippen LogP contribution in [0.5, 0.6) is 0 Å². The van der Waals surface area contributed by atoms with E-state index in [1.807, 2.05) is 12.1 Å². The van der Waals surface area contributed by atoms with Crippen molar-refractivity contribution in [3.05, 3.63) is 23.8 Å². The Kier molecular flexibility index (Phi) is 4.99. The highest BCUT2D eigenvalue weighted by molar-refractivity contribution is 5.60. The molecule has 18 heavy (non-hydrogen) atoms. The van der Waals surface area contributed by atoms with E-state index >= 15 is 0 Å². The van der Waals surface area contributed by atoms with Crippen LogP contribution in [-0.2, 0) is 0 Å². The van der Waals surface area contributed by atoms with Gasteiger partial charge < -0.3 is 20.2 Å². The van der Waals surface area contributed by atoms with E-state index in [1.54, 1.807) is 0 Å². The molecule has 0 aliphatic rings. The number of nitrogens with two attached hydrogens (primary N) is 1. The summed E-state index contributed by atoms with van der Waals surface area (Å²) in [5.74, 6) is 0. The molecule has 4 nitrogen and oxygen atoms in total. The first-order chi connectivity index (χ1) is 8.35. The highest BCUT2D eigenvalue weighted by Crippen LogP contribution is 2.21. The Morgan fingerprint density at radius 1 is 1.28 bits per heavy atom. The summed E-state index contributed by atoms with van der Waals surface area (Å²) in [5, 5.41) is 9.02. The summed E-state index contributed by atoms with van der Waals surface area (Å²) in [6.45, 7) is 5.04. The molecule has 0 unspecified atom stereocenters. The lowest BCUT2D eigenvalue weighted by molar-refractivity contribution is -0.889. The molecule has 1 rings (SSSR count). The van der Waals surface area contributed by atoms with Gasteiger partial charge in [0.05, 0.1) is 33.8 Å². The van der Waals surface area contributed by atoms with E-state index in [9.17, 15) is 0 Å². The van der Waals surface area contributed by atoms with E-state index in [-0.39, 0.29) is 6.61 Å². The van der Waals surface area contributed by atoms with E-state index in [0.29, 0.717) is 0 Å². The Bertz CT molecular complexity index is 391. The third kappa shape index (κ3) is 4.20. The molecule has 0 aliphatic heterocycles. The maximum atomic E-state index is 9.02. The molecule has 0 aliphatic carbocycles. The zero-order valence-electron chi connectivity index (χ0n) is 12.0. The topological polar surface area (TPSA) is 49.5 Å². The molecule has 0 fully saturated rings. The SMILES string of the molecule is Cc1ccc(N)cc1N(C)CC[N+](C)(C)CCO. The van der Waals surface area contributed by atoms with Crippen LogP contribution in [0.15, 0.2) is 18.2 Å². The predicted octanol–water partition coefficient (Wildman–Crippen LogP) is 1.08. The monoisotopic (exact) mass is 252 g/mol. The normalized spacial score (nSPS) is 11.6. The van der Waals surface area contributed by atoms with Gasteiger partial charge in [-0.3, -0.25) is 0 Å². The van der Waals surface area contributed by atoms with Crippen LogP contribution in [0.4, 0.5) is 11.4 Å². The number of nitrogens with zero attached hydrogens (tertiary/aromatic N) is 2. The summed E-state index contributed by atoms with van der Waals surface area (Å²) >= 11 is 0. The summed E-state index contributed by atoms with van der Waals surface area (Å²) in [4.78, 5) is 2.23. The van der Waals surface area contributed by atoms with Crippen LogP contribution in [0.1, 0.15) is 5.56 Å². The van der Waals surface area contributed by atoms with Gasteiger partial charge in [-0.05, 0) is 24.6 Å². The number of hydrogen-bond donors (Lipinski definition) is 2. The first-order valence-corrected chi connectivity index (χ1v) is 6.36. The number of anilines is 2. The molecule has 0 saturated heterocycles. The van der Waals surface area contributed by atoms with E-state index in [2.05, 4.69) is 39.0 Å². The molecule has 0 heterocycles. The molecule has 1 aromatic carbocycles. The van der Waals surface area contributed by atoms with Crippen molar-refractivity contribution in [2.45, 2.75) is 6.92 Å². The minimum atomic E-state index is 0.230. The number of rotatable bonds is 6. The Morgan fingerprint density at radius 2 is 1.94 bits per heavy atom. The fourth-order valence-corrected chi connectivity index (χ4v) is 1.96. The minimum absolute atomic E-state index is 0.230. The zero-order valence-corrected chi connectivity index (χ0v) is 12.0. The highest BCUT2D eigenvalue weighted by atomic mass is 16.3. The Morgan fingerprint density at radius 3 is 2.56 bits per heavy atom. The number of nitrogen functional groups attached to an aromatic ring is 1. The lowest BCUT2D eigenvalue weighted by Gasteiger charge is -2.32. The average Bonchev–Trinajstić information content (AvgIpc) is 2.29. The minimum Gasteiger partial charge on any atom is -0.399 e. The van der Waals surface area contributed by atoms with Gasteiger partial charge in [0.2, 0.25) is 0 Å². The molecule has 0 bridgehead atoms. The third-order valence-corrected chi connectivity index (χ3v) is 3.39. The van der Waals surface area contributed by atoms with Crippen molar-refractivity contribution in [3.8, 4) is 0 Å². The van der Waals surface area contributed by atoms with Gasteiger partial charge in [-0.15, -0.1) is 0 Å². The number of benzene rings is 1. The summed E-state index contributed by atoms with van der Waals surface area (Å²) in [5.41, 5.74) is 9.04. The van der Waals surface area contributed by atoms with Crippen molar-refractivity contribution < 1.29 is 9.59 Å². The molecule has 4 heteroatoms. The van der Waals surface area contributed by atoms with E-state index in [1.165, 1.54) is 11.3 Å². The molecule has 0 aromatic heterocycles. The molecule has 0 amide bonds. The van der Waals surface area contributed by atoms with Crippen LogP contribution in [0.3, 0.4) is 0 Å². The molecule has 0 saturated carbocycles. The first-order valence-electron chi connectivity index (χ1n) is 6.36. The summed E-state index contributed by atoms with van der Waals surface area (Å²) in [6, 6.07) is 5.99. The van der Waals surface area contributed by atoms with Gasteiger partial charge in [0.1, 0.15) is 6.54 Å². The molecule has 102 valence electrons. The fraction of sp³-hybridized carbons (Fsp3) is 0.571. The number of quaternary nitrogens is 1. The number of aliphatic hydroxyl groups is 1. The Balaban J connectivity index is 2.65. The van der Waals surface area contributed by atoms with Gasteiger partial charge in [0.25, 0.3) is 0 Å². The predicted molar refractivity (Wildman–Crippen MR) is 77.8 cm³/mol. The molecule has 3 N–H and O–H groups in total. The lowest BCUT2D eigenvalue weighted by atomic mass is 10.1. The van der Waals surface area contributed by atoms with Crippen molar-refractivity contribution in [2.75, 3.05) is 58.0 Å². The summed E-state index contributed by atoms with van der Waals surface area (Å²) < 4.78 is 0.822. The quantitative estimate of drug-likeness (QED) is 0.588. The Labute approximate surface area is 110 Å². The van der Waals surface area contributed by atoms with E-state index in [4.69, 9.17) is 10.8 Å². The number of likely N-dealkylation sites (N-methyl/N-ethyl adjacent to an activating group) is 2. The molecule has 0 atom stereocenters.